The van der Waals surface area contributed by atoms with Gasteiger partial charge in [0.25, 0.3) is 0 Å². The molecule has 2 aliphatic heterocycles. The van der Waals surface area contributed by atoms with Crippen LogP contribution in [0.5, 0.6) is 0 Å². The number of hydrogen-bond donors (Lipinski definition) is 0. The second-order valence-corrected chi connectivity index (χ2v) is 4.95. The maximum Gasteiger partial charge on any atom is 0.0594 e. The Morgan fingerprint density at radius 3 is 2.12 bits per heavy atom. The van der Waals surface area contributed by atoms with Gasteiger partial charge in [-0.25, -0.2) is 0 Å². The predicted molar refractivity (Wildman–Crippen MR) is 68.9 cm³/mol. The van der Waals surface area contributed by atoms with E-state index in [2.05, 4.69) is 30.8 Å². The molecule has 0 N–H and O–H groups in total. The van der Waals surface area contributed by atoms with Gasteiger partial charge in [-0.15, -0.1) is 0 Å². The molecule has 0 aliphatic carbocycles. The van der Waals surface area contributed by atoms with Crippen molar-refractivity contribution in [1.29, 1.82) is 0 Å². The largest absolute Gasteiger partial charge is 0.379 e. The zero-order valence-corrected chi connectivity index (χ0v) is 11.2. The van der Waals surface area contributed by atoms with Gasteiger partial charge in [0.1, 0.15) is 0 Å². The lowest BCUT2D eigenvalue weighted by atomic mass is 10.0. The van der Waals surface area contributed by atoms with Crippen molar-refractivity contribution < 1.29 is 4.74 Å². The van der Waals surface area contributed by atoms with Crippen LogP contribution >= 0.6 is 0 Å². The van der Waals surface area contributed by atoms with Gasteiger partial charge in [-0.2, -0.15) is 0 Å². The second kappa shape index (κ2) is 8.04. The minimum Gasteiger partial charge on any atom is -0.379 e. The quantitative estimate of drug-likeness (QED) is 0.681. The highest BCUT2D eigenvalue weighted by molar-refractivity contribution is 4.71. The van der Waals surface area contributed by atoms with Gasteiger partial charge in [0.05, 0.1) is 13.2 Å². The van der Waals surface area contributed by atoms with Gasteiger partial charge < -0.3 is 14.5 Å². The fraction of sp³-hybridized carbons (Fsp3) is 1.00. The smallest absolute Gasteiger partial charge is 0.0594 e. The summed E-state index contributed by atoms with van der Waals surface area (Å²) < 4.78 is 5.10. The Bertz CT molecular complexity index is 169. The van der Waals surface area contributed by atoms with Crippen LogP contribution in [0.4, 0.5) is 0 Å². The van der Waals surface area contributed by atoms with Gasteiger partial charge in [0, 0.05) is 19.1 Å². The van der Waals surface area contributed by atoms with Crippen molar-refractivity contribution in [2.45, 2.75) is 38.6 Å². The first kappa shape index (κ1) is 13.9. The summed E-state index contributed by atoms with van der Waals surface area (Å²) in [6, 6.07) is 0.888. The Kier molecular flexibility index (Phi) is 7.01. The summed E-state index contributed by atoms with van der Waals surface area (Å²) in [6.07, 6.45) is 5.61. The van der Waals surface area contributed by atoms with Gasteiger partial charge in [-0.05, 0) is 39.9 Å². The average molecular weight is 228 g/mol. The standard InChI is InChI=1S/C8H17N.C5H11NO/c1-3-8-6-4-5-7-9(8)2;1-6-2-4-7-5-3-6/h8H,3-7H2,1-2H3;2-5H2,1H3. The van der Waals surface area contributed by atoms with Crippen LogP contribution in [0.15, 0.2) is 0 Å². The lowest BCUT2D eigenvalue weighted by molar-refractivity contribution is 0.0503. The number of rotatable bonds is 1. The fourth-order valence-corrected chi connectivity index (χ4v) is 2.31. The SMILES string of the molecule is CCC1CCCCN1C.CN1CCOCC1. The lowest BCUT2D eigenvalue weighted by Gasteiger charge is -2.31. The first-order valence-corrected chi connectivity index (χ1v) is 6.70. The van der Waals surface area contributed by atoms with Gasteiger partial charge >= 0.3 is 0 Å². The molecule has 16 heavy (non-hydrogen) atoms. The Labute approximate surface area is 101 Å². The predicted octanol–water partition coefficient (Wildman–Crippen LogP) is 1.83. The molecule has 96 valence electrons. The van der Waals surface area contributed by atoms with Crippen LogP contribution in [-0.4, -0.2) is 62.8 Å². The summed E-state index contributed by atoms with van der Waals surface area (Å²) in [5, 5.41) is 0. The Balaban J connectivity index is 0.000000165. The van der Waals surface area contributed by atoms with Crippen molar-refractivity contribution in [2.75, 3.05) is 46.9 Å². The molecular weight excluding hydrogens is 200 g/mol. The van der Waals surface area contributed by atoms with E-state index in [1.165, 1.54) is 32.2 Å². The van der Waals surface area contributed by atoms with Crippen molar-refractivity contribution in [3.05, 3.63) is 0 Å². The molecule has 2 fully saturated rings. The first-order chi connectivity index (χ1) is 7.74. The van der Waals surface area contributed by atoms with Gasteiger partial charge in [-0.1, -0.05) is 13.3 Å². The highest BCUT2D eigenvalue weighted by atomic mass is 16.5. The molecule has 2 rings (SSSR count). The molecule has 1 atom stereocenters. The monoisotopic (exact) mass is 228 g/mol. The zero-order chi connectivity index (χ0) is 11.8. The normalized spacial score (nSPS) is 28.3. The molecule has 0 aromatic heterocycles. The maximum atomic E-state index is 5.10. The molecule has 2 aliphatic rings. The summed E-state index contributed by atoms with van der Waals surface area (Å²) in [5.74, 6) is 0. The molecule has 1 unspecified atom stereocenters. The molecule has 0 aromatic carbocycles. The Morgan fingerprint density at radius 2 is 1.75 bits per heavy atom. The third-order valence-electron chi connectivity index (χ3n) is 3.63. The number of morpholine rings is 1. The summed E-state index contributed by atoms with van der Waals surface area (Å²) in [7, 11) is 4.36. The van der Waals surface area contributed by atoms with Crippen molar-refractivity contribution in [2.24, 2.45) is 0 Å². The first-order valence-electron chi connectivity index (χ1n) is 6.70. The third kappa shape index (κ3) is 5.28. The molecule has 0 saturated carbocycles. The van der Waals surface area contributed by atoms with Crippen molar-refractivity contribution in [3.8, 4) is 0 Å². The number of ether oxygens (including phenoxy) is 1. The van der Waals surface area contributed by atoms with Gasteiger partial charge in [-0.3, -0.25) is 0 Å². The van der Waals surface area contributed by atoms with Crippen LogP contribution in [-0.2, 0) is 4.74 Å². The topological polar surface area (TPSA) is 15.7 Å². The Hall–Kier alpha value is -0.120. The molecular formula is C13H28N2O. The third-order valence-corrected chi connectivity index (χ3v) is 3.63. The maximum absolute atomic E-state index is 5.10. The number of nitrogens with zero attached hydrogens (tertiary/aromatic N) is 2. The van der Waals surface area contributed by atoms with Crippen LogP contribution in [0.1, 0.15) is 32.6 Å². The number of hydrogen-bond acceptors (Lipinski definition) is 3. The van der Waals surface area contributed by atoms with E-state index in [4.69, 9.17) is 4.74 Å². The molecule has 3 heteroatoms. The number of piperidine rings is 1. The van der Waals surface area contributed by atoms with Crippen molar-refractivity contribution in [1.82, 2.24) is 9.80 Å². The van der Waals surface area contributed by atoms with Crippen LogP contribution in [0, 0.1) is 0 Å². The van der Waals surface area contributed by atoms with Crippen LogP contribution in [0.25, 0.3) is 0 Å². The fourth-order valence-electron chi connectivity index (χ4n) is 2.31. The average Bonchev–Trinajstić information content (AvgIpc) is 2.31. The minimum atomic E-state index is 0.888. The molecule has 2 heterocycles. The molecule has 0 spiro atoms. The van der Waals surface area contributed by atoms with E-state index >= 15 is 0 Å². The lowest BCUT2D eigenvalue weighted by Crippen LogP contribution is -2.35. The van der Waals surface area contributed by atoms with E-state index in [0.29, 0.717) is 0 Å². The number of likely N-dealkylation sites (N-methyl/N-ethyl adjacent to an activating group) is 1. The number of likely N-dealkylation sites (tertiary alicyclic amines) is 1. The highest BCUT2D eigenvalue weighted by Crippen LogP contribution is 2.16. The van der Waals surface area contributed by atoms with E-state index < -0.39 is 0 Å². The summed E-state index contributed by atoms with van der Waals surface area (Å²) in [5.41, 5.74) is 0. The van der Waals surface area contributed by atoms with Gasteiger partial charge in [0.15, 0.2) is 0 Å². The molecule has 0 radical (unpaired) electrons. The van der Waals surface area contributed by atoms with Crippen LogP contribution in [0.3, 0.4) is 0 Å². The summed E-state index contributed by atoms with van der Waals surface area (Å²) >= 11 is 0. The summed E-state index contributed by atoms with van der Waals surface area (Å²) in [6.45, 7) is 7.62. The van der Waals surface area contributed by atoms with Crippen molar-refractivity contribution in [3.63, 3.8) is 0 Å². The van der Waals surface area contributed by atoms with E-state index in [-0.39, 0.29) is 0 Å². The molecule has 0 bridgehead atoms. The molecule has 0 aromatic rings. The molecule has 2 saturated heterocycles. The summed E-state index contributed by atoms with van der Waals surface area (Å²) in [4.78, 5) is 4.76. The van der Waals surface area contributed by atoms with E-state index in [1.54, 1.807) is 0 Å². The van der Waals surface area contributed by atoms with Crippen LogP contribution < -0.4 is 0 Å². The Morgan fingerprint density at radius 1 is 1.06 bits per heavy atom. The molecule has 3 nitrogen and oxygen atoms in total. The zero-order valence-electron chi connectivity index (χ0n) is 11.2. The highest BCUT2D eigenvalue weighted by Gasteiger charge is 2.15. The molecule has 0 amide bonds. The van der Waals surface area contributed by atoms with Crippen molar-refractivity contribution >= 4 is 0 Å². The van der Waals surface area contributed by atoms with E-state index in [9.17, 15) is 0 Å². The van der Waals surface area contributed by atoms with E-state index in [0.717, 1.165) is 32.3 Å². The minimum absolute atomic E-state index is 0.888. The van der Waals surface area contributed by atoms with E-state index in [1.807, 2.05) is 0 Å². The second-order valence-electron chi connectivity index (χ2n) is 4.95. The van der Waals surface area contributed by atoms with Gasteiger partial charge in [0.2, 0.25) is 0 Å². The van der Waals surface area contributed by atoms with Crippen LogP contribution in [0.2, 0.25) is 0 Å².